The summed E-state index contributed by atoms with van der Waals surface area (Å²) in [6, 6.07) is 8.93. The van der Waals surface area contributed by atoms with E-state index in [-0.39, 0.29) is 5.75 Å². The molecule has 0 aliphatic rings. The third-order valence-electron chi connectivity index (χ3n) is 2.51. The lowest BCUT2D eigenvalue weighted by Gasteiger charge is -2.09. The maximum atomic E-state index is 12.0. The molecule has 2 rings (SSSR count). The van der Waals surface area contributed by atoms with Crippen LogP contribution >= 0.6 is 0 Å². The van der Waals surface area contributed by atoms with Crippen LogP contribution in [0.5, 0.6) is 5.75 Å². The lowest BCUT2D eigenvalue weighted by atomic mass is 10.1. The highest BCUT2D eigenvalue weighted by Gasteiger charge is 2.30. The van der Waals surface area contributed by atoms with Gasteiger partial charge < -0.3 is 10.5 Å². The Morgan fingerprint density at radius 1 is 1.05 bits per heavy atom. The van der Waals surface area contributed by atoms with Gasteiger partial charge in [-0.05, 0) is 43.3 Å². The van der Waals surface area contributed by atoms with Crippen molar-refractivity contribution in [3.63, 3.8) is 0 Å². The Morgan fingerprint density at radius 2 is 1.68 bits per heavy atom. The van der Waals surface area contributed by atoms with Crippen molar-refractivity contribution in [3.05, 3.63) is 42.1 Å². The third kappa shape index (κ3) is 3.37. The second-order valence-electron chi connectivity index (χ2n) is 3.94. The largest absolute Gasteiger partial charge is 0.573 e. The molecule has 2 aromatic rings. The molecule has 3 nitrogen and oxygen atoms in total. The molecule has 1 aromatic carbocycles. The molecule has 2 N–H and O–H groups in total. The zero-order valence-electron chi connectivity index (χ0n) is 10.0. The standard InChI is InChI=1S/C13H11F3N2O/c1-8-11(17)6-7-12(18-8)9-2-4-10(5-3-9)19-13(14,15)16/h2-7H,17H2,1H3. The summed E-state index contributed by atoms with van der Waals surface area (Å²) < 4.78 is 39.8. The maximum Gasteiger partial charge on any atom is 0.573 e. The normalized spacial score (nSPS) is 11.4. The first-order valence-corrected chi connectivity index (χ1v) is 5.44. The van der Waals surface area contributed by atoms with Gasteiger partial charge in [0, 0.05) is 5.56 Å². The highest BCUT2D eigenvalue weighted by Crippen LogP contribution is 2.26. The molecule has 0 saturated heterocycles. The molecule has 0 amide bonds. The number of pyridine rings is 1. The molecule has 0 spiro atoms. The summed E-state index contributed by atoms with van der Waals surface area (Å²) in [4.78, 5) is 4.26. The van der Waals surface area contributed by atoms with Crippen LogP contribution in [0.25, 0.3) is 11.3 Å². The van der Waals surface area contributed by atoms with Gasteiger partial charge in [0.2, 0.25) is 0 Å². The Hall–Kier alpha value is -2.24. The molecule has 0 radical (unpaired) electrons. The first kappa shape index (κ1) is 13.2. The number of aryl methyl sites for hydroxylation is 1. The van der Waals surface area contributed by atoms with Crippen molar-refractivity contribution in [2.24, 2.45) is 0 Å². The SMILES string of the molecule is Cc1nc(-c2ccc(OC(F)(F)F)cc2)ccc1N. The molecular weight excluding hydrogens is 257 g/mol. The van der Waals surface area contributed by atoms with E-state index in [0.29, 0.717) is 22.6 Å². The van der Waals surface area contributed by atoms with Crippen LogP contribution in [0.3, 0.4) is 0 Å². The summed E-state index contributed by atoms with van der Waals surface area (Å²) in [5, 5.41) is 0. The molecule has 19 heavy (non-hydrogen) atoms. The Balaban J connectivity index is 2.25. The summed E-state index contributed by atoms with van der Waals surface area (Å²) >= 11 is 0. The fraction of sp³-hybridized carbons (Fsp3) is 0.154. The Kier molecular flexibility index (Phi) is 3.33. The first-order valence-electron chi connectivity index (χ1n) is 5.44. The van der Waals surface area contributed by atoms with Gasteiger partial charge in [-0.25, -0.2) is 0 Å². The van der Waals surface area contributed by atoms with Crippen LogP contribution in [0.15, 0.2) is 36.4 Å². The van der Waals surface area contributed by atoms with Gasteiger partial charge in [-0.2, -0.15) is 0 Å². The van der Waals surface area contributed by atoms with Gasteiger partial charge >= 0.3 is 6.36 Å². The van der Waals surface area contributed by atoms with Crippen molar-refractivity contribution in [1.29, 1.82) is 0 Å². The maximum absolute atomic E-state index is 12.0. The molecule has 6 heteroatoms. The lowest BCUT2D eigenvalue weighted by molar-refractivity contribution is -0.274. The number of ether oxygens (including phenoxy) is 1. The number of hydrogen-bond donors (Lipinski definition) is 1. The number of hydrogen-bond acceptors (Lipinski definition) is 3. The van der Waals surface area contributed by atoms with Crippen molar-refractivity contribution in [2.45, 2.75) is 13.3 Å². The highest BCUT2D eigenvalue weighted by molar-refractivity contribution is 5.62. The van der Waals surface area contributed by atoms with E-state index in [1.807, 2.05) is 0 Å². The minimum atomic E-state index is -4.68. The Bertz CT molecular complexity index is 579. The van der Waals surface area contributed by atoms with Crippen LogP contribution in [0, 0.1) is 6.92 Å². The first-order chi connectivity index (χ1) is 8.85. The molecule has 100 valence electrons. The van der Waals surface area contributed by atoms with Gasteiger partial charge in [-0.1, -0.05) is 0 Å². The molecule has 1 aromatic heterocycles. The minimum absolute atomic E-state index is 0.261. The Labute approximate surface area is 107 Å². The van der Waals surface area contributed by atoms with E-state index >= 15 is 0 Å². The molecule has 0 atom stereocenters. The zero-order valence-corrected chi connectivity index (χ0v) is 10.0. The predicted molar refractivity (Wildman–Crippen MR) is 65.5 cm³/mol. The third-order valence-corrected chi connectivity index (χ3v) is 2.51. The van der Waals surface area contributed by atoms with Crippen molar-refractivity contribution in [3.8, 4) is 17.0 Å². The summed E-state index contributed by atoms with van der Waals surface area (Å²) in [6.07, 6.45) is -4.68. The lowest BCUT2D eigenvalue weighted by Crippen LogP contribution is -2.16. The van der Waals surface area contributed by atoms with Crippen molar-refractivity contribution in [1.82, 2.24) is 4.98 Å². The molecule has 0 fully saturated rings. The molecule has 0 aliphatic carbocycles. The fourth-order valence-corrected chi connectivity index (χ4v) is 1.56. The number of benzene rings is 1. The van der Waals surface area contributed by atoms with Gasteiger partial charge in [0.05, 0.1) is 17.1 Å². The molecule has 0 unspecified atom stereocenters. The van der Waals surface area contributed by atoms with Crippen LogP contribution in [0.1, 0.15) is 5.69 Å². The quantitative estimate of drug-likeness (QED) is 0.906. The topological polar surface area (TPSA) is 48.1 Å². The molecule has 0 aliphatic heterocycles. The molecule has 0 bridgehead atoms. The summed E-state index contributed by atoms with van der Waals surface area (Å²) in [6.45, 7) is 1.76. The number of nitrogens with zero attached hydrogens (tertiary/aromatic N) is 1. The average molecular weight is 268 g/mol. The Morgan fingerprint density at radius 3 is 2.21 bits per heavy atom. The van der Waals surface area contributed by atoms with Crippen LogP contribution < -0.4 is 10.5 Å². The van der Waals surface area contributed by atoms with Gasteiger partial charge in [0.25, 0.3) is 0 Å². The van der Waals surface area contributed by atoms with E-state index < -0.39 is 6.36 Å². The number of alkyl halides is 3. The van der Waals surface area contributed by atoms with Crippen LogP contribution in [0.2, 0.25) is 0 Å². The van der Waals surface area contributed by atoms with Crippen LogP contribution in [-0.2, 0) is 0 Å². The van der Waals surface area contributed by atoms with Crippen LogP contribution in [0.4, 0.5) is 18.9 Å². The predicted octanol–water partition coefficient (Wildman–Crippen LogP) is 3.54. The minimum Gasteiger partial charge on any atom is -0.406 e. The van der Waals surface area contributed by atoms with E-state index in [0.717, 1.165) is 0 Å². The van der Waals surface area contributed by atoms with E-state index in [1.54, 1.807) is 19.1 Å². The highest BCUT2D eigenvalue weighted by atomic mass is 19.4. The van der Waals surface area contributed by atoms with Gasteiger partial charge in [0.1, 0.15) is 5.75 Å². The van der Waals surface area contributed by atoms with E-state index in [9.17, 15) is 13.2 Å². The second kappa shape index (κ2) is 4.79. The zero-order chi connectivity index (χ0) is 14.0. The molecule has 1 heterocycles. The number of halogens is 3. The monoisotopic (exact) mass is 268 g/mol. The summed E-state index contributed by atoms with van der Waals surface area (Å²) in [5.41, 5.74) is 8.23. The van der Waals surface area contributed by atoms with Gasteiger partial charge in [0.15, 0.2) is 0 Å². The van der Waals surface area contributed by atoms with Crippen LogP contribution in [-0.4, -0.2) is 11.3 Å². The van der Waals surface area contributed by atoms with E-state index in [4.69, 9.17) is 5.73 Å². The van der Waals surface area contributed by atoms with E-state index in [2.05, 4.69) is 9.72 Å². The fourth-order valence-electron chi connectivity index (χ4n) is 1.56. The van der Waals surface area contributed by atoms with E-state index in [1.165, 1.54) is 24.3 Å². The number of nitrogen functional groups attached to an aromatic ring is 1. The summed E-state index contributed by atoms with van der Waals surface area (Å²) in [5.74, 6) is -0.261. The number of anilines is 1. The van der Waals surface area contributed by atoms with Gasteiger partial charge in [-0.3, -0.25) is 4.98 Å². The van der Waals surface area contributed by atoms with Crippen molar-refractivity contribution >= 4 is 5.69 Å². The van der Waals surface area contributed by atoms with Crippen molar-refractivity contribution in [2.75, 3.05) is 5.73 Å². The summed E-state index contributed by atoms with van der Waals surface area (Å²) in [7, 11) is 0. The number of nitrogens with two attached hydrogens (primary N) is 1. The smallest absolute Gasteiger partial charge is 0.406 e. The van der Waals surface area contributed by atoms with Gasteiger partial charge in [-0.15, -0.1) is 13.2 Å². The second-order valence-corrected chi connectivity index (χ2v) is 3.94. The average Bonchev–Trinajstić information content (AvgIpc) is 2.32. The van der Waals surface area contributed by atoms with Crippen molar-refractivity contribution < 1.29 is 17.9 Å². The number of rotatable bonds is 2. The number of aromatic nitrogens is 1. The molecule has 0 saturated carbocycles. The molecular formula is C13H11F3N2O.